The van der Waals surface area contributed by atoms with Gasteiger partial charge in [0.1, 0.15) is 5.82 Å². The van der Waals surface area contributed by atoms with Crippen molar-refractivity contribution in [2.24, 2.45) is 0 Å². The third-order valence-electron chi connectivity index (χ3n) is 4.83. The van der Waals surface area contributed by atoms with E-state index in [1.54, 1.807) is 0 Å². The van der Waals surface area contributed by atoms with Crippen LogP contribution in [0.3, 0.4) is 0 Å². The SMILES string of the molecule is O=C1C(SCc2ccccc2)=C(c2ccc(F)cc2)C(=O)N1c1cccc(C(F)(F)F)c1. The van der Waals surface area contributed by atoms with Gasteiger partial charge in [-0.25, -0.2) is 9.29 Å². The van der Waals surface area contributed by atoms with Gasteiger partial charge in [-0.15, -0.1) is 11.8 Å². The highest BCUT2D eigenvalue weighted by Gasteiger charge is 2.41. The zero-order valence-corrected chi connectivity index (χ0v) is 17.2. The molecule has 0 bridgehead atoms. The summed E-state index contributed by atoms with van der Waals surface area (Å²) >= 11 is 1.12. The molecule has 0 spiro atoms. The van der Waals surface area contributed by atoms with Gasteiger partial charge in [-0.1, -0.05) is 48.5 Å². The Balaban J connectivity index is 1.75. The minimum absolute atomic E-state index is 0.0355. The monoisotopic (exact) mass is 457 g/mol. The lowest BCUT2D eigenvalue weighted by Gasteiger charge is -2.17. The van der Waals surface area contributed by atoms with Crippen molar-refractivity contribution >= 4 is 34.8 Å². The Morgan fingerprint density at radius 3 is 2.16 bits per heavy atom. The molecular formula is C24H15F4NO2S. The first-order valence-corrected chi connectivity index (χ1v) is 10.5. The van der Waals surface area contributed by atoms with E-state index in [0.717, 1.165) is 52.6 Å². The van der Waals surface area contributed by atoms with E-state index in [1.807, 2.05) is 30.3 Å². The third-order valence-corrected chi connectivity index (χ3v) is 5.98. The van der Waals surface area contributed by atoms with Gasteiger partial charge in [0.15, 0.2) is 0 Å². The molecule has 32 heavy (non-hydrogen) atoms. The first-order valence-electron chi connectivity index (χ1n) is 9.48. The summed E-state index contributed by atoms with van der Waals surface area (Å²) in [7, 11) is 0. The highest BCUT2D eigenvalue weighted by atomic mass is 32.2. The largest absolute Gasteiger partial charge is 0.416 e. The molecule has 0 N–H and O–H groups in total. The fraction of sp³-hybridized carbons (Fsp3) is 0.0833. The van der Waals surface area contributed by atoms with Gasteiger partial charge in [0, 0.05) is 5.75 Å². The second kappa shape index (κ2) is 8.63. The Morgan fingerprint density at radius 1 is 0.812 bits per heavy atom. The number of imide groups is 1. The Kier molecular flexibility index (Phi) is 5.88. The van der Waals surface area contributed by atoms with Crippen molar-refractivity contribution in [3.63, 3.8) is 0 Å². The zero-order valence-electron chi connectivity index (χ0n) is 16.4. The number of alkyl halides is 3. The van der Waals surface area contributed by atoms with Crippen molar-refractivity contribution in [3.8, 4) is 0 Å². The first kappa shape index (κ1) is 21.8. The van der Waals surface area contributed by atoms with Crippen molar-refractivity contribution in [2.75, 3.05) is 4.90 Å². The van der Waals surface area contributed by atoms with Crippen LogP contribution in [0.25, 0.3) is 5.57 Å². The van der Waals surface area contributed by atoms with Crippen LogP contribution in [0.5, 0.6) is 0 Å². The lowest BCUT2D eigenvalue weighted by Crippen LogP contribution is -2.31. The summed E-state index contributed by atoms with van der Waals surface area (Å²) in [5.41, 5.74) is 0.110. The van der Waals surface area contributed by atoms with Crippen LogP contribution in [0.1, 0.15) is 16.7 Å². The normalized spacial score (nSPS) is 14.4. The number of hydrogen-bond acceptors (Lipinski definition) is 3. The predicted octanol–water partition coefficient (Wildman–Crippen LogP) is 6.06. The van der Waals surface area contributed by atoms with Gasteiger partial charge in [-0.3, -0.25) is 9.59 Å². The molecule has 4 rings (SSSR count). The second-order valence-corrected chi connectivity index (χ2v) is 7.96. The topological polar surface area (TPSA) is 37.4 Å². The minimum Gasteiger partial charge on any atom is -0.268 e. The molecule has 0 aromatic heterocycles. The molecule has 0 unspecified atom stereocenters. The Hall–Kier alpha value is -3.39. The van der Waals surface area contributed by atoms with E-state index in [9.17, 15) is 27.2 Å². The summed E-state index contributed by atoms with van der Waals surface area (Å²) in [6, 6.07) is 18.3. The second-order valence-electron chi connectivity index (χ2n) is 6.98. The predicted molar refractivity (Wildman–Crippen MR) is 115 cm³/mol. The number of rotatable bonds is 5. The lowest BCUT2D eigenvalue weighted by atomic mass is 10.1. The number of hydrogen-bond donors (Lipinski definition) is 0. The van der Waals surface area contributed by atoms with Crippen LogP contribution in [0.2, 0.25) is 0 Å². The van der Waals surface area contributed by atoms with Crippen molar-refractivity contribution in [1.82, 2.24) is 0 Å². The molecule has 1 heterocycles. The smallest absolute Gasteiger partial charge is 0.268 e. The van der Waals surface area contributed by atoms with E-state index in [2.05, 4.69) is 0 Å². The standard InChI is InChI=1S/C24H15F4NO2S/c25-18-11-9-16(10-12-18)20-21(32-14-15-5-2-1-3-6-15)23(31)29(22(20)30)19-8-4-7-17(13-19)24(26,27)28/h1-13H,14H2. The Bertz CT molecular complexity index is 1200. The van der Waals surface area contributed by atoms with Gasteiger partial charge in [-0.05, 0) is 41.5 Å². The van der Waals surface area contributed by atoms with E-state index in [0.29, 0.717) is 11.3 Å². The van der Waals surface area contributed by atoms with Crippen LogP contribution in [0.4, 0.5) is 23.2 Å². The van der Waals surface area contributed by atoms with E-state index in [4.69, 9.17) is 0 Å². The summed E-state index contributed by atoms with van der Waals surface area (Å²) in [6.07, 6.45) is -4.63. The molecule has 0 aliphatic carbocycles. The zero-order chi connectivity index (χ0) is 22.9. The molecular weight excluding hydrogens is 442 g/mol. The summed E-state index contributed by atoms with van der Waals surface area (Å²) in [5.74, 6) is -1.61. The minimum atomic E-state index is -4.63. The maximum Gasteiger partial charge on any atom is 0.416 e. The molecule has 0 saturated carbocycles. The number of carbonyl (C=O) groups excluding carboxylic acids is 2. The third kappa shape index (κ3) is 4.31. The van der Waals surface area contributed by atoms with E-state index >= 15 is 0 Å². The number of amides is 2. The molecule has 2 amide bonds. The number of nitrogens with zero attached hydrogens (tertiary/aromatic N) is 1. The van der Waals surface area contributed by atoms with Crippen LogP contribution in [0, 0.1) is 5.82 Å². The summed E-state index contributed by atoms with van der Waals surface area (Å²) in [4.78, 5) is 27.3. The molecule has 0 atom stereocenters. The fourth-order valence-corrected chi connectivity index (χ4v) is 4.37. The molecule has 162 valence electrons. The number of halogens is 4. The first-order chi connectivity index (χ1) is 15.3. The van der Waals surface area contributed by atoms with Crippen LogP contribution in [0.15, 0.2) is 83.8 Å². The average molecular weight is 457 g/mol. The molecule has 0 radical (unpaired) electrons. The van der Waals surface area contributed by atoms with Crippen LogP contribution >= 0.6 is 11.8 Å². The van der Waals surface area contributed by atoms with E-state index < -0.39 is 29.4 Å². The lowest BCUT2D eigenvalue weighted by molar-refractivity contribution is -0.137. The van der Waals surface area contributed by atoms with E-state index in [1.165, 1.54) is 18.2 Å². The fourth-order valence-electron chi connectivity index (χ4n) is 3.30. The molecule has 1 aliphatic heterocycles. The van der Waals surface area contributed by atoms with Gasteiger partial charge in [0.25, 0.3) is 11.8 Å². The quantitative estimate of drug-likeness (QED) is 0.345. The van der Waals surface area contributed by atoms with Crippen molar-refractivity contribution in [1.29, 1.82) is 0 Å². The van der Waals surface area contributed by atoms with Gasteiger partial charge >= 0.3 is 6.18 Å². The van der Waals surface area contributed by atoms with E-state index in [-0.39, 0.29) is 16.2 Å². The Morgan fingerprint density at radius 2 is 1.50 bits per heavy atom. The van der Waals surface area contributed by atoms with Crippen molar-refractivity contribution < 1.29 is 27.2 Å². The van der Waals surface area contributed by atoms with Gasteiger partial charge in [0.05, 0.1) is 21.7 Å². The molecule has 8 heteroatoms. The maximum atomic E-state index is 13.4. The van der Waals surface area contributed by atoms with Crippen LogP contribution in [-0.4, -0.2) is 11.8 Å². The molecule has 3 nitrogen and oxygen atoms in total. The van der Waals surface area contributed by atoms with Crippen LogP contribution < -0.4 is 4.90 Å². The van der Waals surface area contributed by atoms with Gasteiger partial charge in [0.2, 0.25) is 0 Å². The van der Waals surface area contributed by atoms with Crippen molar-refractivity contribution in [2.45, 2.75) is 11.9 Å². The Labute approximate surface area is 185 Å². The molecule has 0 fully saturated rings. The summed E-state index contributed by atoms with van der Waals surface area (Å²) in [5, 5.41) is 0. The number of benzene rings is 3. The van der Waals surface area contributed by atoms with Gasteiger partial charge in [-0.2, -0.15) is 13.2 Å². The summed E-state index contributed by atoms with van der Waals surface area (Å²) < 4.78 is 52.9. The maximum absolute atomic E-state index is 13.4. The number of anilines is 1. The summed E-state index contributed by atoms with van der Waals surface area (Å²) in [6.45, 7) is 0. The molecule has 3 aromatic carbocycles. The molecule has 0 saturated heterocycles. The van der Waals surface area contributed by atoms with Gasteiger partial charge < -0.3 is 0 Å². The number of thioether (sulfide) groups is 1. The number of carbonyl (C=O) groups is 2. The average Bonchev–Trinajstić information content (AvgIpc) is 3.02. The highest BCUT2D eigenvalue weighted by molar-refractivity contribution is 8.03. The highest BCUT2D eigenvalue weighted by Crippen LogP contribution is 2.40. The van der Waals surface area contributed by atoms with Crippen molar-refractivity contribution in [3.05, 3.63) is 106 Å². The van der Waals surface area contributed by atoms with Crippen LogP contribution in [-0.2, 0) is 21.5 Å². The molecule has 1 aliphatic rings. The molecule has 3 aromatic rings.